The van der Waals surface area contributed by atoms with E-state index in [-0.39, 0.29) is 18.6 Å². The number of methoxy groups -OCH3 is 1. The number of rotatable bonds is 5. The first kappa shape index (κ1) is 17.3. The second-order valence-electron chi connectivity index (χ2n) is 5.53. The Balaban J connectivity index is 1.71. The first-order chi connectivity index (χ1) is 12.5. The Morgan fingerprint density at radius 1 is 1.08 bits per heavy atom. The van der Waals surface area contributed by atoms with Crippen molar-refractivity contribution in [3.05, 3.63) is 48.0 Å². The van der Waals surface area contributed by atoms with E-state index < -0.39 is 0 Å². The Kier molecular flexibility index (Phi) is 5.07. The molecule has 0 fully saturated rings. The van der Waals surface area contributed by atoms with Crippen molar-refractivity contribution in [1.82, 2.24) is 0 Å². The molecule has 7 heteroatoms. The van der Waals surface area contributed by atoms with Crippen LogP contribution in [0.2, 0.25) is 0 Å². The van der Waals surface area contributed by atoms with Crippen LogP contribution in [0.25, 0.3) is 6.08 Å². The second kappa shape index (κ2) is 7.60. The van der Waals surface area contributed by atoms with E-state index >= 15 is 0 Å². The van der Waals surface area contributed by atoms with E-state index in [0.717, 1.165) is 5.56 Å². The Bertz CT molecular complexity index is 876. The van der Waals surface area contributed by atoms with Crippen LogP contribution in [0.15, 0.2) is 42.5 Å². The van der Waals surface area contributed by atoms with Crippen molar-refractivity contribution in [3.63, 3.8) is 0 Å². The summed E-state index contributed by atoms with van der Waals surface area (Å²) in [5.41, 5.74) is 1.83. The van der Waals surface area contributed by atoms with Crippen LogP contribution in [0, 0.1) is 0 Å². The van der Waals surface area contributed by atoms with Gasteiger partial charge < -0.3 is 24.8 Å². The molecule has 3 rings (SSSR count). The number of amides is 2. The lowest BCUT2D eigenvalue weighted by Gasteiger charge is -2.11. The van der Waals surface area contributed by atoms with Gasteiger partial charge in [0.15, 0.2) is 11.5 Å². The first-order valence-electron chi connectivity index (χ1n) is 7.89. The van der Waals surface area contributed by atoms with E-state index in [9.17, 15) is 9.59 Å². The zero-order valence-electron chi connectivity index (χ0n) is 14.4. The number of hydrogen-bond donors (Lipinski definition) is 2. The summed E-state index contributed by atoms with van der Waals surface area (Å²) in [7, 11) is 1.51. The lowest BCUT2D eigenvalue weighted by molar-refractivity contribution is -0.114. The molecule has 0 atom stereocenters. The highest BCUT2D eigenvalue weighted by atomic mass is 16.7. The fourth-order valence-electron chi connectivity index (χ4n) is 2.45. The Hall–Kier alpha value is -3.48. The predicted molar refractivity (Wildman–Crippen MR) is 97.5 cm³/mol. The number of benzene rings is 2. The number of carbonyl (C=O) groups is 2. The molecule has 1 aliphatic rings. The van der Waals surface area contributed by atoms with Gasteiger partial charge in [-0.25, -0.2) is 0 Å². The van der Waals surface area contributed by atoms with Gasteiger partial charge in [0.05, 0.1) is 12.8 Å². The van der Waals surface area contributed by atoms with E-state index in [1.54, 1.807) is 36.4 Å². The minimum Gasteiger partial charge on any atom is -0.495 e. The smallest absolute Gasteiger partial charge is 0.248 e. The van der Waals surface area contributed by atoms with Crippen LogP contribution in [-0.4, -0.2) is 25.7 Å². The molecule has 0 unspecified atom stereocenters. The molecule has 0 bridgehead atoms. The van der Waals surface area contributed by atoms with Crippen molar-refractivity contribution >= 4 is 29.3 Å². The van der Waals surface area contributed by atoms with Crippen molar-refractivity contribution in [2.24, 2.45) is 0 Å². The third-order valence-electron chi connectivity index (χ3n) is 3.60. The fraction of sp³-hybridized carbons (Fsp3) is 0.158. The van der Waals surface area contributed by atoms with Gasteiger partial charge in [0.25, 0.3) is 0 Å². The highest BCUT2D eigenvalue weighted by molar-refractivity contribution is 6.03. The van der Waals surface area contributed by atoms with Gasteiger partial charge in [-0.1, -0.05) is 6.07 Å². The molecular formula is C19H18N2O5. The zero-order valence-corrected chi connectivity index (χ0v) is 14.4. The maximum Gasteiger partial charge on any atom is 0.248 e. The molecule has 0 saturated heterocycles. The number of carbonyl (C=O) groups excluding carboxylic acids is 2. The van der Waals surface area contributed by atoms with Gasteiger partial charge in [0.2, 0.25) is 18.6 Å². The van der Waals surface area contributed by atoms with E-state index in [4.69, 9.17) is 14.2 Å². The summed E-state index contributed by atoms with van der Waals surface area (Å²) in [4.78, 5) is 23.4. The molecule has 0 saturated carbocycles. The third kappa shape index (κ3) is 4.13. The van der Waals surface area contributed by atoms with Crippen LogP contribution in [0.1, 0.15) is 12.5 Å². The largest absolute Gasteiger partial charge is 0.495 e. The Morgan fingerprint density at radius 3 is 2.65 bits per heavy atom. The number of nitrogens with one attached hydrogen (secondary N) is 2. The quantitative estimate of drug-likeness (QED) is 0.806. The molecule has 7 nitrogen and oxygen atoms in total. The van der Waals surface area contributed by atoms with Gasteiger partial charge >= 0.3 is 0 Å². The number of hydrogen-bond acceptors (Lipinski definition) is 5. The van der Waals surface area contributed by atoms with Crippen molar-refractivity contribution in [3.8, 4) is 17.2 Å². The maximum atomic E-state index is 12.2. The summed E-state index contributed by atoms with van der Waals surface area (Å²) in [6.07, 6.45) is 3.07. The number of anilines is 2. The van der Waals surface area contributed by atoms with Gasteiger partial charge in [0, 0.05) is 18.7 Å². The molecule has 2 amide bonds. The van der Waals surface area contributed by atoms with E-state index in [2.05, 4.69) is 10.6 Å². The molecule has 0 spiro atoms. The van der Waals surface area contributed by atoms with E-state index in [0.29, 0.717) is 28.6 Å². The van der Waals surface area contributed by atoms with E-state index in [1.807, 2.05) is 6.07 Å². The molecule has 1 aliphatic heterocycles. The highest BCUT2D eigenvalue weighted by Crippen LogP contribution is 2.33. The second-order valence-corrected chi connectivity index (χ2v) is 5.53. The molecule has 2 aromatic carbocycles. The summed E-state index contributed by atoms with van der Waals surface area (Å²) < 4.78 is 15.8. The summed E-state index contributed by atoms with van der Waals surface area (Å²) >= 11 is 0. The Morgan fingerprint density at radius 2 is 1.88 bits per heavy atom. The minimum absolute atomic E-state index is 0.199. The van der Waals surface area contributed by atoms with Crippen LogP contribution in [-0.2, 0) is 9.59 Å². The van der Waals surface area contributed by atoms with Crippen LogP contribution >= 0.6 is 0 Å². The third-order valence-corrected chi connectivity index (χ3v) is 3.60. The molecule has 134 valence electrons. The average Bonchev–Trinajstić information content (AvgIpc) is 3.07. The average molecular weight is 354 g/mol. The van der Waals surface area contributed by atoms with Gasteiger partial charge in [-0.3, -0.25) is 9.59 Å². The van der Waals surface area contributed by atoms with Gasteiger partial charge in [-0.05, 0) is 42.0 Å². The Labute approximate surface area is 150 Å². The van der Waals surface area contributed by atoms with Gasteiger partial charge in [-0.2, -0.15) is 0 Å². The molecule has 2 aromatic rings. The molecule has 26 heavy (non-hydrogen) atoms. The SMILES string of the molecule is COc1ccc(NC(C)=O)cc1NC(=O)/C=C/c1ccc2c(c1)OCO2. The monoisotopic (exact) mass is 354 g/mol. The molecule has 0 radical (unpaired) electrons. The van der Waals surface area contributed by atoms with Crippen LogP contribution in [0.5, 0.6) is 17.2 Å². The summed E-state index contributed by atoms with van der Waals surface area (Å²) in [5.74, 6) is 1.29. The number of fused-ring (bicyclic) bond motifs is 1. The normalized spacial score (nSPS) is 12.1. The van der Waals surface area contributed by atoms with Crippen molar-refractivity contribution in [2.75, 3.05) is 24.5 Å². The van der Waals surface area contributed by atoms with Gasteiger partial charge in [0.1, 0.15) is 5.75 Å². The first-order valence-corrected chi connectivity index (χ1v) is 7.89. The highest BCUT2D eigenvalue weighted by Gasteiger charge is 2.12. The summed E-state index contributed by atoms with van der Waals surface area (Å²) in [5, 5.41) is 5.40. The fourth-order valence-corrected chi connectivity index (χ4v) is 2.45. The van der Waals surface area contributed by atoms with Crippen molar-refractivity contribution < 1.29 is 23.8 Å². The predicted octanol–water partition coefficient (Wildman–Crippen LogP) is 3.03. The molecular weight excluding hydrogens is 336 g/mol. The van der Waals surface area contributed by atoms with E-state index in [1.165, 1.54) is 20.1 Å². The van der Waals surface area contributed by atoms with Crippen LogP contribution in [0.3, 0.4) is 0 Å². The maximum absolute atomic E-state index is 12.2. The van der Waals surface area contributed by atoms with Crippen LogP contribution in [0.4, 0.5) is 11.4 Å². The lowest BCUT2D eigenvalue weighted by atomic mass is 10.2. The summed E-state index contributed by atoms with van der Waals surface area (Å²) in [6.45, 7) is 1.62. The van der Waals surface area contributed by atoms with Crippen LogP contribution < -0.4 is 24.8 Å². The lowest BCUT2D eigenvalue weighted by Crippen LogP contribution is -2.10. The van der Waals surface area contributed by atoms with Crippen molar-refractivity contribution in [2.45, 2.75) is 6.92 Å². The molecule has 0 aliphatic carbocycles. The molecule has 0 aromatic heterocycles. The standard InChI is InChI=1S/C19H18N2O5/c1-12(22)20-14-5-7-16(24-2)15(10-14)21-19(23)8-4-13-3-6-17-18(9-13)26-11-25-17/h3-10H,11H2,1-2H3,(H,20,22)(H,21,23)/b8-4+. The summed E-state index contributed by atoms with van der Waals surface area (Å²) in [6, 6.07) is 10.4. The molecule has 1 heterocycles. The molecule has 2 N–H and O–H groups in total. The number of ether oxygens (including phenoxy) is 3. The minimum atomic E-state index is -0.332. The van der Waals surface area contributed by atoms with Crippen molar-refractivity contribution in [1.29, 1.82) is 0 Å². The zero-order chi connectivity index (χ0) is 18.5. The topological polar surface area (TPSA) is 85.9 Å². The van der Waals surface area contributed by atoms with Gasteiger partial charge in [-0.15, -0.1) is 0 Å².